The van der Waals surface area contributed by atoms with Crippen LogP contribution in [0.5, 0.6) is 0 Å². The number of fused-ring (bicyclic) bond motifs is 1. The minimum Gasteiger partial charge on any atom is -0.397 e. The molecule has 1 aliphatic rings. The molecule has 102 valence electrons. The summed E-state index contributed by atoms with van der Waals surface area (Å²) in [5.74, 6) is -0.569. The number of benzene rings is 2. The van der Waals surface area contributed by atoms with Gasteiger partial charge in [-0.25, -0.2) is 4.39 Å². The van der Waals surface area contributed by atoms with Crippen LogP contribution in [0.4, 0.5) is 15.8 Å². The van der Waals surface area contributed by atoms with E-state index in [1.54, 1.807) is 0 Å². The van der Waals surface area contributed by atoms with E-state index in [-0.39, 0.29) is 11.2 Å². The maximum atomic E-state index is 13.2. The molecule has 5 heteroatoms. The zero-order chi connectivity index (χ0) is 14.1. The van der Waals surface area contributed by atoms with Gasteiger partial charge in [-0.2, -0.15) is 0 Å². The number of hydrogen-bond donors (Lipinski definition) is 2. The number of nitrogens with two attached hydrogens (primary N) is 1. The van der Waals surface area contributed by atoms with Gasteiger partial charge in [-0.05, 0) is 36.2 Å². The molecule has 2 aromatic rings. The van der Waals surface area contributed by atoms with Crippen molar-refractivity contribution < 1.29 is 9.18 Å². The summed E-state index contributed by atoms with van der Waals surface area (Å²) in [6, 6.07) is 11.9. The molecule has 1 atom stereocenters. The number of carbonyl (C=O) groups is 1. The van der Waals surface area contributed by atoms with Crippen LogP contribution < -0.4 is 11.1 Å². The molecule has 1 aliphatic heterocycles. The van der Waals surface area contributed by atoms with Crippen LogP contribution in [0.2, 0.25) is 0 Å². The number of rotatable bonds is 2. The Morgan fingerprint density at radius 3 is 2.90 bits per heavy atom. The van der Waals surface area contributed by atoms with Crippen molar-refractivity contribution in [3.8, 4) is 0 Å². The van der Waals surface area contributed by atoms with E-state index in [0.717, 1.165) is 4.90 Å². The normalized spacial score (nSPS) is 16.8. The van der Waals surface area contributed by atoms with Gasteiger partial charge in [-0.1, -0.05) is 18.2 Å². The van der Waals surface area contributed by atoms with Gasteiger partial charge in [-0.3, -0.25) is 4.79 Å². The Balaban J connectivity index is 1.74. The first-order valence-corrected chi connectivity index (χ1v) is 7.12. The highest BCUT2D eigenvalue weighted by Gasteiger charge is 2.28. The lowest BCUT2D eigenvalue weighted by Gasteiger charge is -2.11. The monoisotopic (exact) mass is 288 g/mol. The quantitative estimate of drug-likeness (QED) is 0.835. The topological polar surface area (TPSA) is 55.1 Å². The second-order valence-corrected chi connectivity index (χ2v) is 5.88. The molecule has 0 bridgehead atoms. The largest absolute Gasteiger partial charge is 0.397 e. The Kier molecular flexibility index (Phi) is 3.36. The van der Waals surface area contributed by atoms with Gasteiger partial charge in [0.25, 0.3) is 0 Å². The van der Waals surface area contributed by atoms with Gasteiger partial charge in [0.05, 0.1) is 16.6 Å². The number of nitrogens with one attached hydrogen (secondary N) is 1. The fourth-order valence-corrected chi connectivity index (χ4v) is 3.37. The molecule has 0 radical (unpaired) electrons. The molecule has 0 fully saturated rings. The van der Waals surface area contributed by atoms with Gasteiger partial charge < -0.3 is 11.1 Å². The van der Waals surface area contributed by atoms with Crippen LogP contribution in [-0.2, 0) is 11.2 Å². The number of nitrogen functional groups attached to an aromatic ring is 1. The Morgan fingerprint density at radius 2 is 2.10 bits per heavy atom. The summed E-state index contributed by atoms with van der Waals surface area (Å²) in [6.45, 7) is 0. The second-order valence-electron chi connectivity index (χ2n) is 4.64. The molecule has 0 spiro atoms. The van der Waals surface area contributed by atoms with E-state index < -0.39 is 5.82 Å². The van der Waals surface area contributed by atoms with E-state index in [0.29, 0.717) is 17.8 Å². The van der Waals surface area contributed by atoms with Crippen LogP contribution in [0.25, 0.3) is 0 Å². The van der Waals surface area contributed by atoms with Crippen molar-refractivity contribution in [2.24, 2.45) is 0 Å². The summed E-state index contributed by atoms with van der Waals surface area (Å²) in [4.78, 5) is 13.4. The molecule has 3 N–H and O–H groups in total. The van der Waals surface area contributed by atoms with Crippen molar-refractivity contribution in [2.75, 3.05) is 11.1 Å². The van der Waals surface area contributed by atoms with E-state index >= 15 is 0 Å². The fourth-order valence-electron chi connectivity index (χ4n) is 2.18. The summed E-state index contributed by atoms with van der Waals surface area (Å²) >= 11 is 1.53. The number of anilines is 2. The maximum Gasteiger partial charge on any atom is 0.238 e. The second kappa shape index (κ2) is 5.17. The molecule has 20 heavy (non-hydrogen) atoms. The fraction of sp³-hybridized carbons (Fsp3) is 0.133. The highest BCUT2D eigenvalue weighted by atomic mass is 32.2. The van der Waals surface area contributed by atoms with Gasteiger partial charge in [0.1, 0.15) is 5.82 Å². The number of thioether (sulfide) groups is 1. The minimum absolute atomic E-state index is 0.150. The first-order chi connectivity index (χ1) is 9.63. The summed E-state index contributed by atoms with van der Waals surface area (Å²) < 4.78 is 13.2. The third-order valence-corrected chi connectivity index (χ3v) is 4.53. The summed E-state index contributed by atoms with van der Waals surface area (Å²) in [7, 11) is 0. The van der Waals surface area contributed by atoms with Crippen molar-refractivity contribution in [3.05, 3.63) is 53.8 Å². The number of carbonyl (C=O) groups excluding carboxylic acids is 1. The van der Waals surface area contributed by atoms with Crippen molar-refractivity contribution >= 4 is 29.0 Å². The summed E-state index contributed by atoms with van der Waals surface area (Å²) in [6.07, 6.45) is 0.682. The Hall–Kier alpha value is -2.01. The SMILES string of the molecule is Nc1ccc(F)cc1NC(=O)C1Cc2ccccc2S1. The molecule has 0 aliphatic carbocycles. The lowest BCUT2D eigenvalue weighted by molar-refractivity contribution is -0.115. The van der Waals surface area contributed by atoms with Gasteiger partial charge in [0.15, 0.2) is 0 Å². The van der Waals surface area contributed by atoms with Crippen molar-refractivity contribution in [1.82, 2.24) is 0 Å². The van der Waals surface area contributed by atoms with E-state index in [4.69, 9.17) is 5.73 Å². The van der Waals surface area contributed by atoms with Crippen LogP contribution in [0, 0.1) is 5.82 Å². The van der Waals surface area contributed by atoms with E-state index in [1.165, 1.54) is 35.5 Å². The molecule has 0 aromatic heterocycles. The van der Waals surface area contributed by atoms with E-state index in [9.17, 15) is 9.18 Å². The van der Waals surface area contributed by atoms with Crippen LogP contribution in [0.1, 0.15) is 5.56 Å². The highest BCUT2D eigenvalue weighted by molar-refractivity contribution is 8.01. The molecule has 1 unspecified atom stereocenters. The third kappa shape index (κ3) is 2.49. The van der Waals surface area contributed by atoms with Crippen LogP contribution in [0.15, 0.2) is 47.4 Å². The van der Waals surface area contributed by atoms with E-state index in [1.807, 2.05) is 24.3 Å². The predicted octanol–water partition coefficient (Wildman–Crippen LogP) is 3.06. The van der Waals surface area contributed by atoms with Gasteiger partial charge >= 0.3 is 0 Å². The first-order valence-electron chi connectivity index (χ1n) is 6.24. The smallest absolute Gasteiger partial charge is 0.238 e. The predicted molar refractivity (Wildman–Crippen MR) is 79.2 cm³/mol. The van der Waals surface area contributed by atoms with Crippen molar-refractivity contribution in [2.45, 2.75) is 16.6 Å². The van der Waals surface area contributed by atoms with Crippen molar-refractivity contribution in [3.63, 3.8) is 0 Å². The standard InChI is InChI=1S/C15H13FN2OS/c16-10-5-6-11(17)12(8-10)18-15(19)14-7-9-3-1-2-4-13(9)20-14/h1-6,8,14H,7,17H2,(H,18,19). The number of hydrogen-bond acceptors (Lipinski definition) is 3. The van der Waals surface area contributed by atoms with Crippen LogP contribution >= 0.6 is 11.8 Å². The summed E-state index contributed by atoms with van der Waals surface area (Å²) in [5.41, 5.74) is 7.59. The molecular formula is C15H13FN2OS. The lowest BCUT2D eigenvalue weighted by Crippen LogP contribution is -2.25. The minimum atomic E-state index is -0.420. The van der Waals surface area contributed by atoms with Crippen LogP contribution in [-0.4, -0.2) is 11.2 Å². The van der Waals surface area contributed by atoms with Gasteiger partial charge in [0, 0.05) is 4.90 Å². The average molecular weight is 288 g/mol. The zero-order valence-electron chi connectivity index (χ0n) is 10.6. The molecule has 0 saturated heterocycles. The molecule has 1 heterocycles. The Morgan fingerprint density at radius 1 is 1.30 bits per heavy atom. The summed E-state index contributed by atoms with van der Waals surface area (Å²) in [5, 5.41) is 2.50. The molecule has 3 rings (SSSR count). The number of halogens is 1. The molecule has 0 saturated carbocycles. The third-order valence-electron chi connectivity index (χ3n) is 3.21. The van der Waals surface area contributed by atoms with Crippen LogP contribution in [0.3, 0.4) is 0 Å². The van der Waals surface area contributed by atoms with E-state index in [2.05, 4.69) is 5.32 Å². The first kappa shape index (κ1) is 13.0. The molecular weight excluding hydrogens is 275 g/mol. The van der Waals surface area contributed by atoms with Crippen molar-refractivity contribution in [1.29, 1.82) is 0 Å². The highest BCUT2D eigenvalue weighted by Crippen LogP contribution is 2.37. The number of amides is 1. The molecule has 3 nitrogen and oxygen atoms in total. The lowest BCUT2D eigenvalue weighted by atomic mass is 10.1. The Labute approximate surface area is 120 Å². The maximum absolute atomic E-state index is 13.2. The van der Waals surface area contributed by atoms with Gasteiger partial charge in [-0.15, -0.1) is 11.8 Å². The average Bonchev–Trinajstić information content (AvgIpc) is 2.87. The Bertz CT molecular complexity index is 650. The van der Waals surface area contributed by atoms with Gasteiger partial charge in [0.2, 0.25) is 5.91 Å². The zero-order valence-corrected chi connectivity index (χ0v) is 11.4. The molecule has 1 amide bonds. The molecule has 2 aromatic carbocycles.